The second-order valence-corrected chi connectivity index (χ2v) is 5.24. The van der Waals surface area contributed by atoms with Crippen molar-refractivity contribution in [2.24, 2.45) is 0 Å². The Kier molecular flexibility index (Phi) is 5.69. The Morgan fingerprint density at radius 2 is 1.95 bits per heavy atom. The van der Waals surface area contributed by atoms with Gasteiger partial charge in [0.15, 0.2) is 0 Å². The minimum atomic E-state index is 0.287. The first-order chi connectivity index (χ1) is 10.2. The van der Waals surface area contributed by atoms with Gasteiger partial charge in [-0.3, -0.25) is 14.9 Å². The molecule has 2 rings (SSSR count). The summed E-state index contributed by atoms with van der Waals surface area (Å²) in [6.45, 7) is 3.20. The Bertz CT molecular complexity index is 527. The largest absolute Gasteiger partial charge is 0.497 e. The van der Waals surface area contributed by atoms with E-state index in [9.17, 15) is 0 Å². The number of methoxy groups -OCH3 is 1. The van der Waals surface area contributed by atoms with Gasteiger partial charge in [-0.15, -0.1) is 0 Å². The molecule has 0 saturated carbocycles. The zero-order chi connectivity index (χ0) is 15.1. The van der Waals surface area contributed by atoms with Crippen LogP contribution in [0.4, 0.5) is 0 Å². The molecule has 0 bridgehead atoms. The number of aryl methyl sites for hydroxylation is 1. The Balaban J connectivity index is 1.79. The highest BCUT2D eigenvalue weighted by Crippen LogP contribution is 2.16. The van der Waals surface area contributed by atoms with Gasteiger partial charge < -0.3 is 4.74 Å². The summed E-state index contributed by atoms with van der Waals surface area (Å²) in [4.78, 5) is 10.8. The van der Waals surface area contributed by atoms with E-state index in [1.165, 1.54) is 5.56 Å². The molecule has 0 unspecified atom stereocenters. The van der Waals surface area contributed by atoms with E-state index in [0.717, 1.165) is 30.8 Å². The number of ether oxygens (including phenoxy) is 1. The molecular formula is C17H23N3O. The highest BCUT2D eigenvalue weighted by atomic mass is 16.5. The van der Waals surface area contributed by atoms with Gasteiger partial charge in [0.1, 0.15) is 5.75 Å². The van der Waals surface area contributed by atoms with Crippen molar-refractivity contribution in [2.75, 3.05) is 20.7 Å². The maximum absolute atomic E-state index is 5.17. The van der Waals surface area contributed by atoms with E-state index in [4.69, 9.17) is 4.74 Å². The summed E-state index contributed by atoms with van der Waals surface area (Å²) in [5, 5.41) is 0. The smallest absolute Gasteiger partial charge is 0.118 e. The molecule has 0 spiro atoms. The van der Waals surface area contributed by atoms with E-state index >= 15 is 0 Å². The average molecular weight is 285 g/mol. The van der Waals surface area contributed by atoms with E-state index in [2.05, 4.69) is 41.0 Å². The van der Waals surface area contributed by atoms with Crippen LogP contribution < -0.4 is 4.74 Å². The molecule has 21 heavy (non-hydrogen) atoms. The van der Waals surface area contributed by atoms with Gasteiger partial charge in [0.05, 0.1) is 18.8 Å². The van der Waals surface area contributed by atoms with Crippen LogP contribution in [0.2, 0.25) is 0 Å². The van der Waals surface area contributed by atoms with Gasteiger partial charge in [-0.2, -0.15) is 0 Å². The maximum atomic E-state index is 5.17. The van der Waals surface area contributed by atoms with E-state index < -0.39 is 0 Å². The molecule has 1 aromatic carbocycles. The molecule has 112 valence electrons. The zero-order valence-corrected chi connectivity index (χ0v) is 13.0. The normalized spacial score (nSPS) is 12.4. The number of rotatable bonds is 7. The van der Waals surface area contributed by atoms with Crippen molar-refractivity contribution in [1.82, 2.24) is 14.9 Å². The van der Waals surface area contributed by atoms with Gasteiger partial charge in [-0.1, -0.05) is 12.1 Å². The first-order valence-corrected chi connectivity index (χ1v) is 7.30. The van der Waals surface area contributed by atoms with Crippen molar-refractivity contribution in [1.29, 1.82) is 0 Å². The number of aromatic nitrogens is 2. The van der Waals surface area contributed by atoms with Gasteiger partial charge >= 0.3 is 0 Å². The van der Waals surface area contributed by atoms with Crippen molar-refractivity contribution in [3.8, 4) is 5.75 Å². The van der Waals surface area contributed by atoms with Crippen LogP contribution in [0, 0.1) is 0 Å². The summed E-state index contributed by atoms with van der Waals surface area (Å²) in [6, 6.07) is 8.58. The van der Waals surface area contributed by atoms with Gasteiger partial charge in [-0.05, 0) is 51.1 Å². The van der Waals surface area contributed by atoms with Crippen LogP contribution in [0.25, 0.3) is 0 Å². The Hall–Kier alpha value is -1.94. The molecule has 1 heterocycles. The molecule has 0 fully saturated rings. The molecule has 0 aliphatic carbocycles. The minimum Gasteiger partial charge on any atom is -0.497 e. The van der Waals surface area contributed by atoms with Crippen LogP contribution in [-0.4, -0.2) is 35.6 Å². The molecule has 1 aromatic heterocycles. The zero-order valence-electron chi connectivity index (χ0n) is 13.0. The van der Waals surface area contributed by atoms with E-state index in [1.807, 2.05) is 18.3 Å². The lowest BCUT2D eigenvalue weighted by Crippen LogP contribution is -2.24. The molecule has 0 N–H and O–H groups in total. The monoisotopic (exact) mass is 285 g/mol. The van der Waals surface area contributed by atoms with Crippen LogP contribution >= 0.6 is 0 Å². The molecular weight excluding hydrogens is 262 g/mol. The second kappa shape index (κ2) is 7.74. The van der Waals surface area contributed by atoms with E-state index in [1.54, 1.807) is 19.5 Å². The number of hydrogen-bond donors (Lipinski definition) is 0. The predicted molar refractivity (Wildman–Crippen MR) is 84.4 cm³/mol. The van der Waals surface area contributed by atoms with Crippen LogP contribution in [0.5, 0.6) is 5.75 Å². The number of nitrogens with zero attached hydrogens (tertiary/aromatic N) is 3. The second-order valence-electron chi connectivity index (χ2n) is 5.24. The maximum Gasteiger partial charge on any atom is 0.118 e. The van der Waals surface area contributed by atoms with Crippen molar-refractivity contribution in [3.63, 3.8) is 0 Å². The molecule has 0 saturated heterocycles. The van der Waals surface area contributed by atoms with Crippen molar-refractivity contribution in [3.05, 3.63) is 54.1 Å². The SMILES string of the molecule is COc1ccc(CCCN(C)[C@@H](C)c2cnccn2)cc1. The number of hydrogen-bond acceptors (Lipinski definition) is 4. The third-order valence-corrected chi connectivity index (χ3v) is 3.81. The lowest BCUT2D eigenvalue weighted by atomic mass is 10.1. The van der Waals surface area contributed by atoms with Crippen molar-refractivity contribution >= 4 is 0 Å². The molecule has 0 aliphatic heterocycles. The fraction of sp³-hybridized carbons (Fsp3) is 0.412. The highest BCUT2D eigenvalue weighted by Gasteiger charge is 2.12. The summed E-state index contributed by atoms with van der Waals surface area (Å²) in [5.74, 6) is 0.909. The van der Waals surface area contributed by atoms with Crippen LogP contribution in [0.3, 0.4) is 0 Å². The van der Waals surface area contributed by atoms with E-state index in [-0.39, 0.29) is 6.04 Å². The standard InChI is InChI=1S/C17H23N3O/c1-14(17-13-18-10-11-19-17)20(2)12-4-5-15-6-8-16(21-3)9-7-15/h6-11,13-14H,4-5,12H2,1-3H3/t14-/m0/s1. The molecule has 0 radical (unpaired) electrons. The van der Waals surface area contributed by atoms with Crippen LogP contribution in [0.1, 0.15) is 30.6 Å². The molecule has 0 amide bonds. The van der Waals surface area contributed by atoms with Crippen LogP contribution in [0.15, 0.2) is 42.9 Å². The van der Waals surface area contributed by atoms with Crippen molar-refractivity contribution < 1.29 is 4.74 Å². The lowest BCUT2D eigenvalue weighted by Gasteiger charge is -2.23. The summed E-state index contributed by atoms with van der Waals surface area (Å²) in [7, 11) is 3.82. The summed E-state index contributed by atoms with van der Waals surface area (Å²) in [6.07, 6.45) is 7.48. The fourth-order valence-electron chi connectivity index (χ4n) is 2.27. The highest BCUT2D eigenvalue weighted by molar-refractivity contribution is 5.27. The quantitative estimate of drug-likeness (QED) is 0.783. The van der Waals surface area contributed by atoms with Gasteiger partial charge in [0.25, 0.3) is 0 Å². The lowest BCUT2D eigenvalue weighted by molar-refractivity contribution is 0.253. The minimum absolute atomic E-state index is 0.287. The average Bonchev–Trinajstić information content (AvgIpc) is 2.55. The van der Waals surface area contributed by atoms with Crippen LogP contribution in [-0.2, 0) is 6.42 Å². The van der Waals surface area contributed by atoms with Gasteiger partial charge in [0, 0.05) is 18.6 Å². The molecule has 2 aromatic rings. The van der Waals surface area contributed by atoms with Gasteiger partial charge in [-0.25, -0.2) is 0 Å². The third kappa shape index (κ3) is 4.53. The Morgan fingerprint density at radius 1 is 1.19 bits per heavy atom. The first-order valence-electron chi connectivity index (χ1n) is 7.30. The Morgan fingerprint density at radius 3 is 2.57 bits per heavy atom. The molecule has 0 aliphatic rings. The van der Waals surface area contributed by atoms with Gasteiger partial charge in [0.2, 0.25) is 0 Å². The topological polar surface area (TPSA) is 38.2 Å². The molecule has 4 heteroatoms. The number of benzene rings is 1. The third-order valence-electron chi connectivity index (χ3n) is 3.81. The fourth-order valence-corrected chi connectivity index (χ4v) is 2.27. The molecule has 1 atom stereocenters. The Labute approximate surface area is 126 Å². The summed E-state index contributed by atoms with van der Waals surface area (Å²) in [5.41, 5.74) is 2.36. The van der Waals surface area contributed by atoms with E-state index in [0.29, 0.717) is 0 Å². The predicted octanol–water partition coefficient (Wildman–Crippen LogP) is 3.11. The van der Waals surface area contributed by atoms with Crippen molar-refractivity contribution in [2.45, 2.75) is 25.8 Å². The molecule has 4 nitrogen and oxygen atoms in total. The first kappa shape index (κ1) is 15.4. The summed E-state index contributed by atoms with van der Waals surface area (Å²) >= 11 is 0. The summed E-state index contributed by atoms with van der Waals surface area (Å²) < 4.78 is 5.17.